The van der Waals surface area contributed by atoms with E-state index in [1.165, 1.54) is 14.2 Å². The number of benzene rings is 1. The lowest BCUT2D eigenvalue weighted by molar-refractivity contribution is -0.142. The van der Waals surface area contributed by atoms with Crippen LogP contribution in [0.2, 0.25) is 0 Å². The molecule has 1 unspecified atom stereocenters. The van der Waals surface area contributed by atoms with Crippen LogP contribution in [0, 0.1) is 5.92 Å². The monoisotopic (exact) mass is 331 g/mol. The molecule has 2 rings (SSSR count). The second-order valence-corrected chi connectivity index (χ2v) is 5.46. The molecule has 6 nitrogen and oxygen atoms in total. The highest BCUT2D eigenvalue weighted by atomic mass is 16.5. The van der Waals surface area contributed by atoms with Gasteiger partial charge in [-0.3, -0.25) is 9.79 Å². The summed E-state index contributed by atoms with van der Waals surface area (Å²) in [5.74, 6) is -1.04. The van der Waals surface area contributed by atoms with Crippen molar-refractivity contribution in [2.45, 2.75) is 19.9 Å². The number of carbonyl (C=O) groups excluding carboxylic acids is 2. The van der Waals surface area contributed by atoms with Gasteiger partial charge in [0, 0.05) is 11.3 Å². The van der Waals surface area contributed by atoms with Gasteiger partial charge < -0.3 is 14.2 Å². The fraction of sp³-hybridized carbons (Fsp3) is 0.389. The van der Waals surface area contributed by atoms with Crippen molar-refractivity contribution in [2.24, 2.45) is 10.9 Å². The molecule has 0 aromatic heterocycles. The van der Waals surface area contributed by atoms with Crippen molar-refractivity contribution in [1.82, 2.24) is 0 Å². The van der Waals surface area contributed by atoms with Crippen molar-refractivity contribution in [2.75, 3.05) is 21.3 Å². The molecule has 0 spiro atoms. The van der Waals surface area contributed by atoms with Crippen LogP contribution in [0.3, 0.4) is 0 Å². The quantitative estimate of drug-likeness (QED) is 0.793. The van der Waals surface area contributed by atoms with Crippen molar-refractivity contribution in [3.8, 4) is 5.75 Å². The van der Waals surface area contributed by atoms with Crippen molar-refractivity contribution >= 4 is 17.7 Å². The molecule has 1 aliphatic rings. The normalized spacial score (nSPS) is 20.3. The van der Waals surface area contributed by atoms with Crippen LogP contribution in [-0.4, -0.2) is 39.0 Å². The van der Waals surface area contributed by atoms with Crippen LogP contribution < -0.4 is 4.74 Å². The Balaban J connectivity index is 2.65. The molecule has 0 saturated carbocycles. The van der Waals surface area contributed by atoms with Gasteiger partial charge in [0.25, 0.3) is 0 Å². The number of aliphatic imine (C=N–C) groups is 1. The number of rotatable bonds is 4. The Bertz CT molecular complexity index is 720. The third kappa shape index (κ3) is 3.04. The number of methoxy groups -OCH3 is 3. The molecule has 0 radical (unpaired) electrons. The van der Waals surface area contributed by atoms with Crippen molar-refractivity contribution in [1.29, 1.82) is 0 Å². The van der Waals surface area contributed by atoms with Crippen molar-refractivity contribution in [3.63, 3.8) is 0 Å². The number of esters is 2. The third-order valence-corrected chi connectivity index (χ3v) is 4.16. The fourth-order valence-electron chi connectivity index (χ4n) is 2.99. The molecule has 0 bridgehead atoms. The lowest BCUT2D eigenvalue weighted by Gasteiger charge is -2.29. The van der Waals surface area contributed by atoms with Gasteiger partial charge in [0.05, 0.1) is 26.9 Å². The van der Waals surface area contributed by atoms with Gasteiger partial charge >= 0.3 is 11.9 Å². The van der Waals surface area contributed by atoms with E-state index in [0.29, 0.717) is 22.6 Å². The maximum Gasteiger partial charge on any atom is 0.336 e. The van der Waals surface area contributed by atoms with Crippen molar-refractivity contribution in [3.05, 3.63) is 41.0 Å². The third-order valence-electron chi connectivity index (χ3n) is 4.16. The zero-order valence-corrected chi connectivity index (χ0v) is 14.5. The van der Waals surface area contributed by atoms with Gasteiger partial charge in [0.1, 0.15) is 17.7 Å². The predicted octanol–water partition coefficient (Wildman–Crippen LogP) is 2.49. The molecule has 1 heterocycles. The Morgan fingerprint density at radius 3 is 2.29 bits per heavy atom. The highest BCUT2D eigenvalue weighted by Crippen LogP contribution is 2.40. The predicted molar refractivity (Wildman–Crippen MR) is 89.1 cm³/mol. The second-order valence-electron chi connectivity index (χ2n) is 5.46. The molecule has 24 heavy (non-hydrogen) atoms. The Morgan fingerprint density at radius 1 is 1.04 bits per heavy atom. The maximum absolute atomic E-state index is 12.4. The molecular weight excluding hydrogens is 310 g/mol. The summed E-state index contributed by atoms with van der Waals surface area (Å²) in [7, 11) is 4.18. The van der Waals surface area contributed by atoms with E-state index in [4.69, 9.17) is 14.2 Å². The zero-order valence-electron chi connectivity index (χ0n) is 14.5. The first-order chi connectivity index (χ1) is 11.5. The molecule has 128 valence electrons. The van der Waals surface area contributed by atoms with E-state index in [9.17, 15) is 9.59 Å². The van der Waals surface area contributed by atoms with Gasteiger partial charge in [-0.1, -0.05) is 18.2 Å². The molecule has 0 amide bonds. The summed E-state index contributed by atoms with van der Waals surface area (Å²) >= 11 is 0. The van der Waals surface area contributed by atoms with Crippen molar-refractivity contribution < 1.29 is 23.8 Å². The highest BCUT2D eigenvalue weighted by molar-refractivity contribution is 6.07. The van der Waals surface area contributed by atoms with E-state index in [-0.39, 0.29) is 0 Å². The average molecular weight is 331 g/mol. The Labute approximate surface area is 141 Å². The van der Waals surface area contributed by atoms with Crippen LogP contribution in [0.1, 0.15) is 25.5 Å². The molecule has 1 aromatic rings. The van der Waals surface area contributed by atoms with Gasteiger partial charge in [0.15, 0.2) is 0 Å². The summed E-state index contributed by atoms with van der Waals surface area (Å²) in [5, 5.41) is 0. The summed E-state index contributed by atoms with van der Waals surface area (Å²) < 4.78 is 15.2. The average Bonchev–Trinajstić information content (AvgIpc) is 2.60. The second kappa shape index (κ2) is 7.29. The number of dihydropyridines is 1. The van der Waals surface area contributed by atoms with Gasteiger partial charge in [-0.2, -0.15) is 0 Å². The summed E-state index contributed by atoms with van der Waals surface area (Å²) in [6.45, 7) is 3.48. The molecule has 1 aliphatic heterocycles. The van der Waals surface area contributed by atoms with Crippen LogP contribution in [-0.2, 0) is 19.1 Å². The van der Waals surface area contributed by atoms with E-state index in [1.54, 1.807) is 27.0 Å². The van der Waals surface area contributed by atoms with Crippen LogP contribution in [0.15, 0.2) is 40.4 Å². The number of ether oxygens (including phenoxy) is 3. The van der Waals surface area contributed by atoms with Gasteiger partial charge in [-0.25, -0.2) is 4.79 Å². The Morgan fingerprint density at radius 2 is 1.71 bits per heavy atom. The minimum Gasteiger partial charge on any atom is -0.496 e. The molecule has 0 aliphatic carbocycles. The first-order valence-electron chi connectivity index (χ1n) is 7.50. The maximum atomic E-state index is 12.4. The highest BCUT2D eigenvalue weighted by Gasteiger charge is 2.38. The lowest BCUT2D eigenvalue weighted by Crippen LogP contribution is -2.32. The number of nitrogens with zero attached hydrogens (tertiary/aromatic N) is 1. The summed E-state index contributed by atoms with van der Waals surface area (Å²) in [5.41, 5.74) is 2.24. The minimum atomic E-state index is -0.685. The Kier molecular flexibility index (Phi) is 5.39. The number of para-hydroxylation sites is 1. The van der Waals surface area contributed by atoms with Crippen LogP contribution in [0.4, 0.5) is 0 Å². The zero-order chi connectivity index (χ0) is 17.9. The smallest absolute Gasteiger partial charge is 0.336 e. The molecule has 1 aromatic carbocycles. The largest absolute Gasteiger partial charge is 0.496 e. The topological polar surface area (TPSA) is 74.2 Å². The number of hydrogen-bond acceptors (Lipinski definition) is 6. The molecular formula is C18H21NO5. The molecule has 0 fully saturated rings. The van der Waals surface area contributed by atoms with Gasteiger partial charge in [-0.15, -0.1) is 0 Å². The standard InChI is InChI=1S/C18H21NO5/c1-10-14(17(20)23-4)11(2)19-16(15(10)18(21)24-5)12-8-6-7-9-13(12)22-3/h6-9,14,16H,1-5H3/t14?,16-/m0/s1. The number of hydrogen-bond donors (Lipinski definition) is 0. The first kappa shape index (κ1) is 17.7. The van der Waals surface area contributed by atoms with E-state index in [1.807, 2.05) is 18.2 Å². The fourth-order valence-corrected chi connectivity index (χ4v) is 2.99. The van der Waals surface area contributed by atoms with E-state index in [2.05, 4.69) is 4.99 Å². The summed E-state index contributed by atoms with van der Waals surface area (Å²) in [4.78, 5) is 29.1. The van der Waals surface area contributed by atoms with Gasteiger partial charge in [-0.05, 0) is 25.5 Å². The number of carbonyl (C=O) groups is 2. The van der Waals surface area contributed by atoms with Crippen LogP contribution in [0.5, 0.6) is 5.75 Å². The molecule has 0 saturated heterocycles. The molecule has 0 N–H and O–H groups in total. The summed E-state index contributed by atoms with van der Waals surface area (Å²) in [6, 6.07) is 6.74. The van der Waals surface area contributed by atoms with Crippen LogP contribution in [0.25, 0.3) is 0 Å². The van der Waals surface area contributed by atoms with E-state index in [0.717, 1.165) is 5.56 Å². The van der Waals surface area contributed by atoms with Gasteiger partial charge in [0.2, 0.25) is 0 Å². The van der Waals surface area contributed by atoms with Crippen LogP contribution >= 0.6 is 0 Å². The SMILES string of the molecule is COC(=O)C1=C(C)C(C(=O)OC)C(C)=N[C@H]1c1ccccc1OC. The lowest BCUT2D eigenvalue weighted by atomic mass is 9.83. The van der Waals surface area contributed by atoms with E-state index >= 15 is 0 Å². The van der Waals surface area contributed by atoms with E-state index < -0.39 is 23.9 Å². The summed E-state index contributed by atoms with van der Waals surface area (Å²) in [6.07, 6.45) is 0. The molecule has 2 atom stereocenters. The first-order valence-corrected chi connectivity index (χ1v) is 7.50. The molecule has 6 heteroatoms. The Hall–Kier alpha value is -2.63. The minimum absolute atomic E-state index is 0.336.